The summed E-state index contributed by atoms with van der Waals surface area (Å²) < 4.78 is 0. The number of carbonyl (C=O) groups excluding carboxylic acids is 1. The molecule has 1 saturated heterocycles. The Morgan fingerprint density at radius 3 is 2.80 bits per heavy atom. The highest BCUT2D eigenvalue weighted by molar-refractivity contribution is 5.76. The van der Waals surface area contributed by atoms with Crippen molar-refractivity contribution in [3.05, 3.63) is 23.3 Å². The summed E-state index contributed by atoms with van der Waals surface area (Å²) in [4.78, 5) is 24.1. The molecular weight excluding hydrogens is 312 g/mol. The van der Waals surface area contributed by atoms with E-state index < -0.39 is 0 Å². The van der Waals surface area contributed by atoms with Gasteiger partial charge in [0, 0.05) is 37.7 Å². The van der Waals surface area contributed by atoms with Crippen LogP contribution in [0.15, 0.2) is 6.20 Å². The maximum atomic E-state index is 12.7. The van der Waals surface area contributed by atoms with E-state index in [-0.39, 0.29) is 0 Å². The first kappa shape index (κ1) is 17.0. The molecule has 1 unspecified atom stereocenters. The van der Waals surface area contributed by atoms with E-state index in [1.807, 2.05) is 11.1 Å². The molecule has 0 spiro atoms. The monoisotopic (exact) mass is 342 g/mol. The molecule has 0 aromatic carbocycles. The van der Waals surface area contributed by atoms with Crippen molar-refractivity contribution >= 4 is 5.91 Å². The van der Waals surface area contributed by atoms with Crippen LogP contribution in [-0.4, -0.2) is 33.9 Å². The van der Waals surface area contributed by atoms with E-state index in [2.05, 4.69) is 10.3 Å². The third-order valence-corrected chi connectivity index (χ3v) is 6.12. The Kier molecular flexibility index (Phi) is 5.30. The van der Waals surface area contributed by atoms with E-state index in [9.17, 15) is 4.79 Å². The van der Waals surface area contributed by atoms with Crippen molar-refractivity contribution in [2.75, 3.05) is 13.1 Å². The highest BCUT2D eigenvalue weighted by Crippen LogP contribution is 2.28. The Balaban J connectivity index is 1.38. The molecule has 1 N–H and O–H groups in total. The van der Waals surface area contributed by atoms with Crippen LogP contribution in [0, 0.1) is 5.92 Å². The van der Waals surface area contributed by atoms with Gasteiger partial charge in [0.1, 0.15) is 5.82 Å². The number of hydrogen-bond donors (Lipinski definition) is 1. The number of carbonyl (C=O) groups is 1. The van der Waals surface area contributed by atoms with Crippen LogP contribution in [0.2, 0.25) is 0 Å². The van der Waals surface area contributed by atoms with Gasteiger partial charge < -0.3 is 10.2 Å². The lowest BCUT2D eigenvalue weighted by molar-refractivity contribution is -0.133. The van der Waals surface area contributed by atoms with E-state index in [1.165, 1.54) is 44.9 Å². The fourth-order valence-corrected chi connectivity index (χ4v) is 4.55. The lowest BCUT2D eigenvalue weighted by Gasteiger charge is -2.31. The molecule has 25 heavy (non-hydrogen) atoms. The molecule has 1 aromatic rings. The number of nitrogens with one attached hydrogen (secondary N) is 1. The summed E-state index contributed by atoms with van der Waals surface area (Å²) in [6, 6.07) is 0.310. The second-order valence-corrected chi connectivity index (χ2v) is 7.98. The van der Waals surface area contributed by atoms with Crippen LogP contribution in [0.25, 0.3) is 0 Å². The molecule has 3 aliphatic rings. The SMILES string of the molecule is O=C(CC1CCCCC1)N1CCc2nc(C3CCCCN3)ncc2C1. The van der Waals surface area contributed by atoms with Crippen molar-refractivity contribution in [2.45, 2.75) is 76.8 Å². The molecule has 1 saturated carbocycles. The fourth-order valence-electron chi connectivity index (χ4n) is 4.55. The first-order valence-corrected chi connectivity index (χ1v) is 10.2. The third kappa shape index (κ3) is 4.02. The maximum absolute atomic E-state index is 12.7. The molecule has 3 heterocycles. The van der Waals surface area contributed by atoms with Crippen LogP contribution in [0.1, 0.15) is 80.9 Å². The van der Waals surface area contributed by atoms with Crippen LogP contribution in [0.4, 0.5) is 0 Å². The average molecular weight is 342 g/mol. The summed E-state index contributed by atoms with van der Waals surface area (Å²) in [5.74, 6) is 1.88. The first-order valence-electron chi connectivity index (χ1n) is 10.2. The van der Waals surface area contributed by atoms with Gasteiger partial charge in [-0.1, -0.05) is 25.7 Å². The lowest BCUT2D eigenvalue weighted by atomic mass is 9.86. The first-order chi connectivity index (χ1) is 12.3. The summed E-state index contributed by atoms with van der Waals surface area (Å²) in [6.45, 7) is 2.57. The number of rotatable bonds is 3. The van der Waals surface area contributed by atoms with Crippen molar-refractivity contribution in [3.63, 3.8) is 0 Å². The van der Waals surface area contributed by atoms with Crippen LogP contribution in [0.5, 0.6) is 0 Å². The molecule has 1 atom stereocenters. The Labute approximate surface area is 150 Å². The van der Waals surface area contributed by atoms with E-state index in [1.54, 1.807) is 0 Å². The van der Waals surface area contributed by atoms with Crippen molar-refractivity contribution in [2.24, 2.45) is 5.92 Å². The van der Waals surface area contributed by atoms with E-state index >= 15 is 0 Å². The molecule has 2 aliphatic heterocycles. The van der Waals surface area contributed by atoms with Crippen LogP contribution < -0.4 is 5.32 Å². The minimum Gasteiger partial charge on any atom is -0.338 e. The predicted octanol–water partition coefficient (Wildman–Crippen LogP) is 3.15. The van der Waals surface area contributed by atoms with Gasteiger partial charge in [0.25, 0.3) is 0 Å². The van der Waals surface area contributed by atoms with Gasteiger partial charge in [-0.2, -0.15) is 0 Å². The smallest absolute Gasteiger partial charge is 0.223 e. The average Bonchev–Trinajstić information content (AvgIpc) is 2.68. The Bertz CT molecular complexity index is 606. The second-order valence-electron chi connectivity index (χ2n) is 7.98. The molecule has 0 bridgehead atoms. The lowest BCUT2D eigenvalue weighted by Crippen LogP contribution is -2.38. The zero-order chi connectivity index (χ0) is 17.1. The molecule has 5 heteroatoms. The minimum absolute atomic E-state index is 0.310. The quantitative estimate of drug-likeness (QED) is 0.917. The summed E-state index contributed by atoms with van der Waals surface area (Å²) >= 11 is 0. The highest BCUT2D eigenvalue weighted by Gasteiger charge is 2.26. The van der Waals surface area contributed by atoms with Crippen molar-refractivity contribution in [1.29, 1.82) is 0 Å². The van der Waals surface area contributed by atoms with E-state index in [4.69, 9.17) is 4.98 Å². The molecule has 0 radical (unpaired) electrons. The van der Waals surface area contributed by atoms with Gasteiger partial charge in [0.2, 0.25) is 5.91 Å². The second kappa shape index (κ2) is 7.81. The summed E-state index contributed by atoms with van der Waals surface area (Å²) in [5.41, 5.74) is 2.29. The highest BCUT2D eigenvalue weighted by atomic mass is 16.2. The fraction of sp³-hybridized carbons (Fsp3) is 0.750. The van der Waals surface area contributed by atoms with E-state index in [0.29, 0.717) is 24.4 Å². The summed E-state index contributed by atoms with van der Waals surface area (Å²) in [6.07, 6.45) is 13.6. The molecule has 1 aliphatic carbocycles. The standard InChI is InChI=1S/C20H30N4O/c25-19(12-15-6-2-1-3-7-15)24-11-9-17-16(14-24)13-22-20(23-17)18-8-4-5-10-21-18/h13,15,18,21H,1-12,14H2. The normalized spacial score (nSPS) is 24.8. The van der Waals surface area contributed by atoms with Crippen molar-refractivity contribution in [3.8, 4) is 0 Å². The Hall–Kier alpha value is -1.49. The van der Waals surface area contributed by atoms with Crippen molar-refractivity contribution < 1.29 is 4.79 Å². The largest absolute Gasteiger partial charge is 0.338 e. The van der Waals surface area contributed by atoms with Gasteiger partial charge >= 0.3 is 0 Å². The summed E-state index contributed by atoms with van der Waals surface area (Å²) in [7, 11) is 0. The number of fused-ring (bicyclic) bond motifs is 1. The number of amides is 1. The molecule has 4 rings (SSSR count). The van der Waals surface area contributed by atoms with Gasteiger partial charge in [-0.05, 0) is 38.1 Å². The Morgan fingerprint density at radius 2 is 2.00 bits per heavy atom. The summed E-state index contributed by atoms with van der Waals surface area (Å²) in [5, 5.41) is 3.53. The zero-order valence-electron chi connectivity index (χ0n) is 15.2. The molecule has 2 fully saturated rings. The molecule has 5 nitrogen and oxygen atoms in total. The number of nitrogens with zero attached hydrogens (tertiary/aromatic N) is 3. The topological polar surface area (TPSA) is 58.1 Å². The van der Waals surface area contributed by atoms with E-state index in [0.717, 1.165) is 49.4 Å². The van der Waals surface area contributed by atoms with Gasteiger partial charge in [-0.15, -0.1) is 0 Å². The van der Waals surface area contributed by atoms with Gasteiger partial charge in [0.15, 0.2) is 0 Å². The minimum atomic E-state index is 0.310. The molecule has 1 amide bonds. The van der Waals surface area contributed by atoms with Gasteiger partial charge in [-0.25, -0.2) is 9.97 Å². The number of piperidine rings is 1. The zero-order valence-corrected chi connectivity index (χ0v) is 15.2. The van der Waals surface area contributed by atoms with Gasteiger partial charge in [-0.3, -0.25) is 4.79 Å². The van der Waals surface area contributed by atoms with Crippen molar-refractivity contribution in [1.82, 2.24) is 20.2 Å². The predicted molar refractivity (Wildman–Crippen MR) is 96.9 cm³/mol. The van der Waals surface area contributed by atoms with Crippen LogP contribution >= 0.6 is 0 Å². The van der Waals surface area contributed by atoms with Crippen LogP contribution in [-0.2, 0) is 17.8 Å². The van der Waals surface area contributed by atoms with Crippen LogP contribution in [0.3, 0.4) is 0 Å². The number of hydrogen-bond acceptors (Lipinski definition) is 4. The molecule has 136 valence electrons. The number of aromatic nitrogens is 2. The molecule has 1 aromatic heterocycles. The molecular formula is C20H30N4O. The Morgan fingerprint density at radius 1 is 1.16 bits per heavy atom. The van der Waals surface area contributed by atoms with Gasteiger partial charge in [0.05, 0.1) is 11.7 Å². The maximum Gasteiger partial charge on any atom is 0.223 e. The third-order valence-electron chi connectivity index (χ3n) is 6.12.